The highest BCUT2D eigenvalue weighted by Crippen LogP contribution is 2.31. The summed E-state index contributed by atoms with van der Waals surface area (Å²) in [7, 11) is 0. The smallest absolute Gasteiger partial charge is 0.436 e. The Morgan fingerprint density at radius 2 is 1.59 bits per heavy atom. The van der Waals surface area contributed by atoms with Crippen LogP contribution >= 0.6 is 0 Å². The first kappa shape index (κ1) is 23.3. The van der Waals surface area contributed by atoms with E-state index >= 15 is 0 Å². The highest BCUT2D eigenvalue weighted by molar-refractivity contribution is 5.92. The van der Waals surface area contributed by atoms with Crippen molar-refractivity contribution in [3.63, 3.8) is 0 Å². The fraction of sp³-hybridized carbons (Fsp3) is 0.292. The first-order valence-corrected chi connectivity index (χ1v) is 10.7. The third kappa shape index (κ3) is 6.15. The van der Waals surface area contributed by atoms with Gasteiger partial charge in [-0.2, -0.15) is 0 Å². The number of hydrogen-bond donors (Lipinski definition) is 1. The standard InChI is InChI=1S/C24H23F3N4O3/c1-16-2-6-19(7-3-16)33-23-21(28-12-13-29-23)31-14-10-17(11-15-31)22(32)30-18-4-8-20(9-5-18)34-24(25,26)27/h2-9,12-13,17H,10-11,14-15H2,1H3,(H,30,32). The van der Waals surface area contributed by atoms with Crippen LogP contribution < -0.4 is 19.7 Å². The maximum atomic E-state index is 12.7. The lowest BCUT2D eigenvalue weighted by Crippen LogP contribution is -2.38. The lowest BCUT2D eigenvalue weighted by molar-refractivity contribution is -0.274. The van der Waals surface area contributed by atoms with Gasteiger partial charge in [-0.25, -0.2) is 9.97 Å². The fourth-order valence-corrected chi connectivity index (χ4v) is 3.66. The van der Waals surface area contributed by atoms with Gasteiger partial charge in [0, 0.05) is 37.1 Å². The van der Waals surface area contributed by atoms with Gasteiger partial charge in [0.25, 0.3) is 5.88 Å². The van der Waals surface area contributed by atoms with E-state index < -0.39 is 6.36 Å². The Labute approximate surface area is 194 Å². The topological polar surface area (TPSA) is 76.6 Å². The van der Waals surface area contributed by atoms with Crippen molar-refractivity contribution in [2.24, 2.45) is 5.92 Å². The van der Waals surface area contributed by atoms with Crippen LogP contribution in [0.2, 0.25) is 0 Å². The van der Waals surface area contributed by atoms with Crippen molar-refractivity contribution in [2.45, 2.75) is 26.1 Å². The van der Waals surface area contributed by atoms with Crippen molar-refractivity contribution in [2.75, 3.05) is 23.3 Å². The monoisotopic (exact) mass is 472 g/mol. The van der Waals surface area contributed by atoms with Gasteiger partial charge in [0.2, 0.25) is 5.91 Å². The zero-order valence-corrected chi connectivity index (χ0v) is 18.4. The number of rotatable bonds is 6. The highest BCUT2D eigenvalue weighted by atomic mass is 19.4. The summed E-state index contributed by atoms with van der Waals surface area (Å²) in [6.07, 6.45) is -0.420. The molecule has 178 valence electrons. The number of anilines is 2. The van der Waals surface area contributed by atoms with Gasteiger partial charge in [-0.1, -0.05) is 17.7 Å². The van der Waals surface area contributed by atoms with Gasteiger partial charge in [0.1, 0.15) is 11.5 Å². The molecular weight excluding hydrogens is 449 g/mol. The van der Waals surface area contributed by atoms with E-state index in [9.17, 15) is 18.0 Å². The van der Waals surface area contributed by atoms with Crippen LogP contribution in [0, 0.1) is 12.8 Å². The van der Waals surface area contributed by atoms with E-state index in [-0.39, 0.29) is 17.6 Å². The Kier molecular flexibility index (Phi) is 6.85. The maximum absolute atomic E-state index is 12.7. The Hall–Kier alpha value is -3.82. The van der Waals surface area contributed by atoms with Crippen molar-refractivity contribution in [3.8, 4) is 17.4 Å². The van der Waals surface area contributed by atoms with Crippen LogP contribution in [0.1, 0.15) is 18.4 Å². The molecule has 1 N–H and O–H groups in total. The quantitative estimate of drug-likeness (QED) is 0.523. The molecule has 0 aliphatic carbocycles. The Morgan fingerprint density at radius 1 is 0.971 bits per heavy atom. The molecule has 2 heterocycles. The van der Waals surface area contributed by atoms with Crippen LogP contribution in [-0.2, 0) is 4.79 Å². The number of aromatic nitrogens is 2. The minimum absolute atomic E-state index is 0.181. The van der Waals surface area contributed by atoms with Crippen molar-refractivity contribution < 1.29 is 27.4 Å². The van der Waals surface area contributed by atoms with Gasteiger partial charge < -0.3 is 19.7 Å². The van der Waals surface area contributed by atoms with Gasteiger partial charge in [0.05, 0.1) is 0 Å². The van der Waals surface area contributed by atoms with Crippen molar-refractivity contribution in [1.82, 2.24) is 9.97 Å². The molecule has 10 heteroatoms. The zero-order valence-electron chi connectivity index (χ0n) is 18.4. The summed E-state index contributed by atoms with van der Waals surface area (Å²) in [4.78, 5) is 23.5. The number of halogens is 3. The fourth-order valence-electron chi connectivity index (χ4n) is 3.66. The van der Waals surface area contributed by atoms with Gasteiger partial charge in [0.15, 0.2) is 5.82 Å². The predicted octanol–water partition coefficient (Wildman–Crippen LogP) is 5.33. The van der Waals surface area contributed by atoms with E-state index in [1.807, 2.05) is 36.1 Å². The van der Waals surface area contributed by atoms with Crippen LogP contribution in [0.15, 0.2) is 60.9 Å². The molecule has 0 radical (unpaired) electrons. The molecule has 0 unspecified atom stereocenters. The molecule has 1 aliphatic rings. The SMILES string of the molecule is Cc1ccc(Oc2nccnc2N2CCC(C(=O)Nc3ccc(OC(F)(F)F)cc3)CC2)cc1. The molecule has 0 saturated carbocycles. The lowest BCUT2D eigenvalue weighted by atomic mass is 9.96. The summed E-state index contributed by atoms with van der Waals surface area (Å²) in [6.45, 7) is 3.16. The third-order valence-electron chi connectivity index (χ3n) is 5.40. The number of alkyl halides is 3. The highest BCUT2D eigenvalue weighted by Gasteiger charge is 2.31. The molecular formula is C24H23F3N4O3. The van der Waals surface area contributed by atoms with Crippen LogP contribution in [0.25, 0.3) is 0 Å². The molecule has 1 aliphatic heterocycles. The average molecular weight is 472 g/mol. The number of piperidine rings is 1. The number of benzene rings is 2. The number of nitrogens with one attached hydrogen (secondary N) is 1. The Balaban J connectivity index is 1.33. The molecule has 0 bridgehead atoms. The minimum Gasteiger partial charge on any atom is -0.436 e. The minimum atomic E-state index is -4.76. The third-order valence-corrected chi connectivity index (χ3v) is 5.40. The number of carbonyl (C=O) groups excluding carboxylic acids is 1. The number of ether oxygens (including phenoxy) is 2. The van der Waals surface area contributed by atoms with Gasteiger partial charge in [-0.3, -0.25) is 4.79 Å². The normalized spacial score (nSPS) is 14.5. The van der Waals surface area contributed by atoms with Gasteiger partial charge in [-0.15, -0.1) is 13.2 Å². The van der Waals surface area contributed by atoms with E-state index in [0.29, 0.717) is 49.1 Å². The first-order valence-electron chi connectivity index (χ1n) is 10.7. The molecule has 0 spiro atoms. The van der Waals surface area contributed by atoms with Gasteiger partial charge in [-0.05, 0) is 56.2 Å². The number of amides is 1. The van der Waals surface area contributed by atoms with Crippen LogP contribution in [0.4, 0.5) is 24.7 Å². The number of nitrogens with zero attached hydrogens (tertiary/aromatic N) is 3. The van der Waals surface area contributed by atoms with Crippen molar-refractivity contribution >= 4 is 17.4 Å². The first-order chi connectivity index (χ1) is 16.3. The number of carbonyl (C=O) groups is 1. The summed E-state index contributed by atoms with van der Waals surface area (Å²) < 4.78 is 46.6. The van der Waals surface area contributed by atoms with Gasteiger partial charge >= 0.3 is 6.36 Å². The number of aryl methyl sites for hydroxylation is 1. The molecule has 1 aromatic heterocycles. The second kappa shape index (κ2) is 9.98. The maximum Gasteiger partial charge on any atom is 0.573 e. The Bertz CT molecular complexity index is 1110. The molecule has 7 nitrogen and oxygen atoms in total. The zero-order chi connectivity index (χ0) is 24.1. The van der Waals surface area contributed by atoms with E-state index in [0.717, 1.165) is 17.7 Å². The molecule has 34 heavy (non-hydrogen) atoms. The van der Waals surface area contributed by atoms with Crippen LogP contribution in [0.3, 0.4) is 0 Å². The van der Waals surface area contributed by atoms with Crippen LogP contribution in [0.5, 0.6) is 17.4 Å². The predicted molar refractivity (Wildman–Crippen MR) is 120 cm³/mol. The average Bonchev–Trinajstić information content (AvgIpc) is 2.81. The number of hydrogen-bond acceptors (Lipinski definition) is 6. The van der Waals surface area contributed by atoms with Crippen LogP contribution in [-0.4, -0.2) is 35.3 Å². The molecule has 1 amide bonds. The molecule has 3 aromatic rings. The second-order valence-corrected chi connectivity index (χ2v) is 7.92. The molecule has 4 rings (SSSR count). The summed E-state index contributed by atoms with van der Waals surface area (Å²) in [5.74, 6) is 0.914. The second-order valence-electron chi connectivity index (χ2n) is 7.92. The lowest BCUT2D eigenvalue weighted by Gasteiger charge is -2.32. The largest absolute Gasteiger partial charge is 0.573 e. The summed E-state index contributed by atoms with van der Waals surface area (Å²) >= 11 is 0. The summed E-state index contributed by atoms with van der Waals surface area (Å²) in [5.41, 5.74) is 1.53. The molecule has 1 saturated heterocycles. The van der Waals surface area contributed by atoms with E-state index in [1.165, 1.54) is 12.1 Å². The molecule has 1 fully saturated rings. The summed E-state index contributed by atoms with van der Waals surface area (Å²) in [6, 6.07) is 12.7. The van der Waals surface area contributed by atoms with Crippen molar-refractivity contribution in [3.05, 3.63) is 66.5 Å². The van der Waals surface area contributed by atoms with E-state index in [2.05, 4.69) is 20.0 Å². The molecule has 0 atom stereocenters. The molecule has 2 aromatic carbocycles. The summed E-state index contributed by atoms with van der Waals surface area (Å²) in [5, 5.41) is 2.76. The van der Waals surface area contributed by atoms with E-state index in [1.54, 1.807) is 12.4 Å². The Morgan fingerprint density at radius 3 is 2.24 bits per heavy atom. The van der Waals surface area contributed by atoms with Crippen molar-refractivity contribution in [1.29, 1.82) is 0 Å². The van der Waals surface area contributed by atoms with E-state index in [4.69, 9.17) is 4.74 Å².